The van der Waals surface area contributed by atoms with E-state index in [2.05, 4.69) is 10.1 Å². The van der Waals surface area contributed by atoms with Crippen molar-refractivity contribution < 1.29 is 13.2 Å². The van der Waals surface area contributed by atoms with E-state index in [0.29, 0.717) is 17.1 Å². The summed E-state index contributed by atoms with van der Waals surface area (Å²) in [5.41, 5.74) is 0.0562. The van der Waals surface area contributed by atoms with Gasteiger partial charge in [0.2, 0.25) is 0 Å². The topological polar surface area (TPSA) is 30.7 Å². The van der Waals surface area contributed by atoms with E-state index < -0.39 is 11.9 Å². The molecule has 1 aromatic carbocycles. The molecule has 0 N–H and O–H groups in total. The Bertz CT molecular complexity index is 796. The fourth-order valence-corrected chi connectivity index (χ4v) is 2.49. The van der Waals surface area contributed by atoms with Crippen LogP contribution in [0.4, 0.5) is 13.2 Å². The lowest BCUT2D eigenvalue weighted by atomic mass is 10.1. The zero-order chi connectivity index (χ0) is 16.4. The molecule has 0 aliphatic carbocycles. The Morgan fingerprint density at radius 2 is 1.78 bits per heavy atom. The lowest BCUT2D eigenvalue weighted by molar-refractivity contribution is -0.141. The summed E-state index contributed by atoms with van der Waals surface area (Å²) in [5, 5.41) is 3.71. The number of hydrogen-bond acceptors (Lipinski definition) is 3. The van der Waals surface area contributed by atoms with E-state index in [4.69, 9.17) is 0 Å². The van der Waals surface area contributed by atoms with Crippen molar-refractivity contribution in [3.63, 3.8) is 0 Å². The summed E-state index contributed by atoms with van der Waals surface area (Å²) < 4.78 is 40.3. The lowest BCUT2D eigenvalue weighted by Gasteiger charge is -2.07. The molecule has 0 aliphatic rings. The van der Waals surface area contributed by atoms with Crippen molar-refractivity contribution >= 4 is 11.8 Å². The molecule has 0 fully saturated rings. The highest BCUT2D eigenvalue weighted by Crippen LogP contribution is 2.32. The number of pyridine rings is 1. The van der Waals surface area contributed by atoms with E-state index in [-0.39, 0.29) is 0 Å². The molecule has 2 heterocycles. The number of hydrogen-bond donors (Lipinski definition) is 0. The fourth-order valence-electron chi connectivity index (χ4n) is 2.13. The number of rotatable bonds is 3. The Morgan fingerprint density at radius 3 is 2.35 bits per heavy atom. The summed E-state index contributed by atoms with van der Waals surface area (Å²) in [6.07, 6.45) is -0.987. The second kappa shape index (κ2) is 6.08. The van der Waals surface area contributed by atoms with Gasteiger partial charge in [0.15, 0.2) is 11.5 Å². The van der Waals surface area contributed by atoms with Crippen LogP contribution in [-0.4, -0.2) is 21.0 Å². The average Bonchev–Trinajstić information content (AvgIpc) is 3.01. The summed E-state index contributed by atoms with van der Waals surface area (Å²) in [7, 11) is 0. The van der Waals surface area contributed by atoms with E-state index in [1.165, 1.54) is 16.4 Å². The second-order valence-corrected chi connectivity index (χ2v) is 5.63. The van der Waals surface area contributed by atoms with Crippen LogP contribution in [0.25, 0.3) is 17.1 Å². The van der Waals surface area contributed by atoms with Crippen molar-refractivity contribution in [1.29, 1.82) is 0 Å². The van der Waals surface area contributed by atoms with Crippen molar-refractivity contribution in [3.8, 4) is 17.1 Å². The van der Waals surface area contributed by atoms with Gasteiger partial charge < -0.3 is 0 Å². The van der Waals surface area contributed by atoms with Crippen LogP contribution in [0.15, 0.2) is 59.6 Å². The quantitative estimate of drug-likeness (QED) is 0.652. The highest BCUT2D eigenvalue weighted by Gasteiger charge is 2.35. The van der Waals surface area contributed by atoms with Gasteiger partial charge in [-0.25, -0.2) is 9.67 Å². The van der Waals surface area contributed by atoms with Crippen molar-refractivity contribution in [2.75, 3.05) is 6.26 Å². The fraction of sp³-hybridized carbons (Fsp3) is 0.125. The predicted octanol–water partition coefficient (Wildman–Crippen LogP) is 4.68. The number of aromatic nitrogens is 3. The predicted molar refractivity (Wildman–Crippen MR) is 83.6 cm³/mol. The average molecular weight is 335 g/mol. The molecule has 0 spiro atoms. The summed E-state index contributed by atoms with van der Waals surface area (Å²) in [5.74, 6) is 0.345. The summed E-state index contributed by atoms with van der Waals surface area (Å²) in [6, 6.07) is 13.3. The number of alkyl halides is 3. The van der Waals surface area contributed by atoms with Gasteiger partial charge in [0.05, 0.1) is 5.69 Å². The molecule has 118 valence electrons. The second-order valence-electron chi connectivity index (χ2n) is 4.75. The summed E-state index contributed by atoms with van der Waals surface area (Å²) in [4.78, 5) is 5.14. The van der Waals surface area contributed by atoms with Gasteiger partial charge in [0.25, 0.3) is 0 Å². The highest BCUT2D eigenvalue weighted by atomic mass is 32.2. The Kier molecular flexibility index (Phi) is 4.12. The Labute approximate surface area is 135 Å². The normalized spacial score (nSPS) is 11.7. The van der Waals surface area contributed by atoms with Crippen LogP contribution in [0.5, 0.6) is 0 Å². The summed E-state index contributed by atoms with van der Waals surface area (Å²) in [6.45, 7) is 0. The molecule has 23 heavy (non-hydrogen) atoms. The molecule has 0 amide bonds. The van der Waals surface area contributed by atoms with Gasteiger partial charge >= 0.3 is 6.18 Å². The molecule has 7 heteroatoms. The zero-order valence-corrected chi connectivity index (χ0v) is 12.9. The van der Waals surface area contributed by atoms with Crippen LogP contribution in [0, 0.1) is 0 Å². The van der Waals surface area contributed by atoms with Gasteiger partial charge in [-0.2, -0.15) is 18.3 Å². The number of benzene rings is 1. The third kappa shape index (κ3) is 3.24. The SMILES string of the molecule is CSc1ccc(-n2nc(C(F)(F)F)cc2-c2ccccc2)nc1. The van der Waals surface area contributed by atoms with Crippen molar-refractivity contribution in [2.24, 2.45) is 0 Å². The summed E-state index contributed by atoms with van der Waals surface area (Å²) >= 11 is 1.51. The van der Waals surface area contributed by atoms with Gasteiger partial charge in [-0.15, -0.1) is 11.8 Å². The third-order valence-corrected chi connectivity index (χ3v) is 3.96. The molecule has 0 bridgehead atoms. The van der Waals surface area contributed by atoms with Crippen molar-refractivity contribution in [2.45, 2.75) is 11.1 Å². The van der Waals surface area contributed by atoms with Crippen LogP contribution in [-0.2, 0) is 6.18 Å². The standard InChI is InChI=1S/C16H12F3N3S/c1-23-12-7-8-15(20-10-12)22-13(11-5-3-2-4-6-11)9-14(21-22)16(17,18)19/h2-10H,1H3. The van der Waals surface area contributed by atoms with E-state index >= 15 is 0 Å². The van der Waals surface area contributed by atoms with Crippen molar-refractivity contribution in [3.05, 3.63) is 60.4 Å². The molecular weight excluding hydrogens is 323 g/mol. The molecule has 3 aromatic rings. The molecule has 0 atom stereocenters. The minimum atomic E-state index is -4.51. The maximum absolute atomic E-state index is 13.0. The van der Waals surface area contributed by atoms with Gasteiger partial charge in [-0.05, 0) is 24.5 Å². The van der Waals surface area contributed by atoms with Crippen LogP contribution in [0.1, 0.15) is 5.69 Å². The molecule has 3 rings (SSSR count). The van der Waals surface area contributed by atoms with Crippen LogP contribution >= 0.6 is 11.8 Å². The maximum atomic E-state index is 13.0. The Balaban J connectivity index is 2.15. The first kappa shape index (κ1) is 15.6. The smallest absolute Gasteiger partial charge is 0.236 e. The lowest BCUT2D eigenvalue weighted by Crippen LogP contribution is -2.08. The maximum Gasteiger partial charge on any atom is 0.435 e. The van der Waals surface area contributed by atoms with Gasteiger partial charge in [-0.1, -0.05) is 30.3 Å². The van der Waals surface area contributed by atoms with Crippen LogP contribution in [0.3, 0.4) is 0 Å². The van der Waals surface area contributed by atoms with Crippen molar-refractivity contribution in [1.82, 2.24) is 14.8 Å². The first-order chi connectivity index (χ1) is 11.0. The first-order valence-corrected chi connectivity index (χ1v) is 7.94. The minimum absolute atomic E-state index is 0.345. The van der Waals surface area contributed by atoms with Crippen LogP contribution < -0.4 is 0 Å². The molecule has 0 saturated heterocycles. The number of halogens is 3. The number of thioether (sulfide) groups is 1. The largest absolute Gasteiger partial charge is 0.435 e. The molecule has 3 nitrogen and oxygen atoms in total. The number of nitrogens with zero attached hydrogens (tertiary/aromatic N) is 3. The van der Waals surface area contributed by atoms with Gasteiger partial charge in [-0.3, -0.25) is 0 Å². The van der Waals surface area contributed by atoms with Crippen LogP contribution in [0.2, 0.25) is 0 Å². The van der Waals surface area contributed by atoms with Gasteiger partial charge in [0, 0.05) is 16.7 Å². The zero-order valence-electron chi connectivity index (χ0n) is 12.1. The third-order valence-electron chi connectivity index (χ3n) is 3.24. The molecule has 0 saturated carbocycles. The minimum Gasteiger partial charge on any atom is -0.236 e. The van der Waals surface area contributed by atoms with E-state index in [1.807, 2.05) is 6.26 Å². The monoisotopic (exact) mass is 335 g/mol. The molecule has 2 aromatic heterocycles. The molecule has 0 aliphatic heterocycles. The van der Waals surface area contributed by atoms with E-state index in [1.54, 1.807) is 48.7 Å². The van der Waals surface area contributed by atoms with E-state index in [9.17, 15) is 13.2 Å². The Morgan fingerprint density at radius 1 is 1.04 bits per heavy atom. The van der Waals surface area contributed by atoms with E-state index in [0.717, 1.165) is 11.0 Å². The molecular formula is C16H12F3N3S. The van der Waals surface area contributed by atoms with Gasteiger partial charge in [0.1, 0.15) is 0 Å². The highest BCUT2D eigenvalue weighted by molar-refractivity contribution is 7.98. The first-order valence-electron chi connectivity index (χ1n) is 6.72. The molecule has 0 radical (unpaired) electrons. The molecule has 0 unspecified atom stereocenters. The Hall–Kier alpha value is -2.28.